The van der Waals surface area contributed by atoms with Crippen LogP contribution in [0.1, 0.15) is 26.3 Å². The molecule has 1 unspecified atom stereocenters. The van der Waals surface area contributed by atoms with E-state index in [1.165, 1.54) is 11.3 Å². The molecule has 0 N–H and O–H groups in total. The highest BCUT2D eigenvalue weighted by Crippen LogP contribution is 2.47. The maximum atomic E-state index is 13.6. The monoisotopic (exact) mass is 456 g/mol. The van der Waals surface area contributed by atoms with Gasteiger partial charge in [0.05, 0.1) is 27.0 Å². The molecule has 2 aromatic carbocycles. The topological polar surface area (TPSA) is 60.9 Å². The van der Waals surface area contributed by atoms with Crippen LogP contribution in [-0.4, -0.2) is 49.4 Å². The molecule has 1 fully saturated rings. The molecule has 0 radical (unpaired) electrons. The summed E-state index contributed by atoms with van der Waals surface area (Å²) in [7, 11) is 4.81. The van der Waals surface area contributed by atoms with Crippen molar-refractivity contribution in [1.82, 2.24) is 9.88 Å². The van der Waals surface area contributed by atoms with Gasteiger partial charge in [0.1, 0.15) is 21.0 Å². The van der Waals surface area contributed by atoms with Crippen molar-refractivity contribution in [3.63, 3.8) is 0 Å². The molecular formula is C23H24N2O4S2. The van der Waals surface area contributed by atoms with Crippen LogP contribution < -0.4 is 14.2 Å². The van der Waals surface area contributed by atoms with Gasteiger partial charge in [-0.05, 0) is 13.0 Å². The molecule has 1 saturated heterocycles. The summed E-state index contributed by atoms with van der Waals surface area (Å²) in [5, 5.41) is 0.678. The molecule has 3 aromatic rings. The fourth-order valence-electron chi connectivity index (χ4n) is 3.61. The summed E-state index contributed by atoms with van der Waals surface area (Å²) in [6.45, 7) is 2.55. The Labute approximate surface area is 190 Å². The van der Waals surface area contributed by atoms with Crippen LogP contribution in [0.2, 0.25) is 0 Å². The third-order valence-corrected chi connectivity index (χ3v) is 7.60. The van der Waals surface area contributed by atoms with Crippen molar-refractivity contribution >= 4 is 29.0 Å². The first-order chi connectivity index (χ1) is 15.1. The summed E-state index contributed by atoms with van der Waals surface area (Å²) >= 11 is 3.15. The number of aryl methyl sites for hydroxylation is 1. The van der Waals surface area contributed by atoms with E-state index in [9.17, 15) is 4.79 Å². The summed E-state index contributed by atoms with van der Waals surface area (Å²) in [4.78, 5) is 20.8. The second kappa shape index (κ2) is 9.20. The zero-order chi connectivity index (χ0) is 22.0. The van der Waals surface area contributed by atoms with E-state index in [0.29, 0.717) is 28.7 Å². The summed E-state index contributed by atoms with van der Waals surface area (Å²) in [5.74, 6) is 2.70. The van der Waals surface area contributed by atoms with E-state index in [1.54, 1.807) is 39.2 Å². The minimum absolute atomic E-state index is 0.0102. The molecule has 1 aliphatic heterocycles. The quantitative estimate of drug-likeness (QED) is 0.518. The summed E-state index contributed by atoms with van der Waals surface area (Å²) in [6.07, 6.45) is 0. The third kappa shape index (κ3) is 4.09. The van der Waals surface area contributed by atoms with Crippen molar-refractivity contribution in [2.45, 2.75) is 12.3 Å². The van der Waals surface area contributed by atoms with Crippen LogP contribution in [0.25, 0.3) is 10.6 Å². The molecule has 0 aliphatic carbocycles. The molecule has 6 nitrogen and oxygen atoms in total. The molecule has 4 rings (SSSR count). The van der Waals surface area contributed by atoms with Crippen LogP contribution in [-0.2, 0) is 0 Å². The predicted molar refractivity (Wildman–Crippen MR) is 125 cm³/mol. The molecule has 0 spiro atoms. The Balaban J connectivity index is 1.68. The van der Waals surface area contributed by atoms with Gasteiger partial charge in [-0.1, -0.05) is 30.3 Å². The number of thioether (sulfide) groups is 1. The maximum absolute atomic E-state index is 13.6. The second-order valence-corrected chi connectivity index (χ2v) is 9.16. The lowest BCUT2D eigenvalue weighted by atomic mass is 10.1. The lowest BCUT2D eigenvalue weighted by molar-refractivity contribution is 0.0763. The van der Waals surface area contributed by atoms with Gasteiger partial charge in [-0.3, -0.25) is 4.79 Å². The minimum atomic E-state index is -0.177. The molecule has 0 bridgehead atoms. The smallest absolute Gasteiger partial charge is 0.267 e. The first-order valence-corrected chi connectivity index (χ1v) is 11.7. The average Bonchev–Trinajstić information content (AvgIpc) is 3.45. The number of aromatic nitrogens is 1. The fraction of sp³-hybridized carbons (Fsp3) is 0.304. The Morgan fingerprint density at radius 3 is 2.39 bits per heavy atom. The van der Waals surface area contributed by atoms with Crippen LogP contribution in [0.4, 0.5) is 0 Å². The molecule has 1 aliphatic rings. The molecule has 1 amide bonds. The van der Waals surface area contributed by atoms with Gasteiger partial charge in [0.2, 0.25) is 0 Å². The number of ether oxygens (including phenoxy) is 3. The molecule has 1 atom stereocenters. The van der Waals surface area contributed by atoms with E-state index >= 15 is 0 Å². The molecule has 8 heteroatoms. The zero-order valence-electron chi connectivity index (χ0n) is 17.9. The number of rotatable bonds is 6. The van der Waals surface area contributed by atoms with Crippen LogP contribution >= 0.6 is 23.1 Å². The number of amides is 1. The first-order valence-electron chi connectivity index (χ1n) is 9.82. The van der Waals surface area contributed by atoms with Crippen molar-refractivity contribution < 1.29 is 19.0 Å². The fourth-order valence-corrected chi connectivity index (χ4v) is 5.91. The lowest BCUT2D eigenvalue weighted by Crippen LogP contribution is -2.30. The van der Waals surface area contributed by atoms with Crippen molar-refractivity contribution in [1.29, 1.82) is 0 Å². The number of carbonyl (C=O) groups is 1. The maximum Gasteiger partial charge on any atom is 0.267 e. The number of carbonyl (C=O) groups excluding carboxylic acids is 1. The highest BCUT2D eigenvalue weighted by Gasteiger charge is 2.35. The second-order valence-electron chi connectivity index (χ2n) is 6.97. The Bertz CT molecular complexity index is 1080. The Morgan fingerprint density at radius 1 is 1.03 bits per heavy atom. The molecule has 1 aromatic heterocycles. The lowest BCUT2D eigenvalue weighted by Gasteiger charge is -2.26. The van der Waals surface area contributed by atoms with Gasteiger partial charge >= 0.3 is 0 Å². The molecule has 0 saturated carbocycles. The van der Waals surface area contributed by atoms with E-state index in [0.717, 1.165) is 27.6 Å². The van der Waals surface area contributed by atoms with Crippen LogP contribution in [0.15, 0.2) is 42.5 Å². The number of hydrogen-bond donors (Lipinski definition) is 0. The Kier molecular flexibility index (Phi) is 6.38. The number of hydrogen-bond acceptors (Lipinski definition) is 7. The number of methoxy groups -OCH3 is 3. The first kappa shape index (κ1) is 21.5. The van der Waals surface area contributed by atoms with Crippen LogP contribution in [0.5, 0.6) is 17.2 Å². The van der Waals surface area contributed by atoms with Gasteiger partial charge in [0.15, 0.2) is 11.5 Å². The van der Waals surface area contributed by atoms with E-state index < -0.39 is 0 Å². The van der Waals surface area contributed by atoms with Gasteiger partial charge in [0, 0.05) is 29.5 Å². The Hall–Kier alpha value is -2.71. The summed E-state index contributed by atoms with van der Waals surface area (Å²) in [6, 6.07) is 13.6. The van der Waals surface area contributed by atoms with Crippen molar-refractivity contribution in [2.75, 3.05) is 33.6 Å². The molecule has 162 valence electrons. The summed E-state index contributed by atoms with van der Waals surface area (Å²) < 4.78 is 16.5. The Morgan fingerprint density at radius 2 is 1.71 bits per heavy atom. The average molecular weight is 457 g/mol. The SMILES string of the molecule is COc1cc(OC)c(C2SCCN2C(=O)c2sc(-c3ccccc3)nc2C)cc1OC. The van der Waals surface area contributed by atoms with Crippen molar-refractivity contribution in [2.24, 2.45) is 0 Å². The third-order valence-electron chi connectivity index (χ3n) is 5.17. The highest BCUT2D eigenvalue weighted by molar-refractivity contribution is 7.99. The molecule has 31 heavy (non-hydrogen) atoms. The van der Waals surface area contributed by atoms with Gasteiger partial charge in [0.25, 0.3) is 5.91 Å². The normalized spacial score (nSPS) is 15.7. The largest absolute Gasteiger partial charge is 0.496 e. The zero-order valence-corrected chi connectivity index (χ0v) is 19.5. The number of benzene rings is 2. The standard InChI is InChI=1S/C23H24N2O4S2/c1-14-20(31-21(24-14)15-8-6-5-7-9-15)22(26)25-10-11-30-23(25)16-12-18(28-3)19(29-4)13-17(16)27-2/h5-9,12-13,23H,10-11H2,1-4H3. The number of thiazole rings is 1. The van der Waals surface area contributed by atoms with Crippen LogP contribution in [0, 0.1) is 6.92 Å². The molecule has 2 heterocycles. The summed E-state index contributed by atoms with van der Waals surface area (Å²) in [5.41, 5.74) is 2.66. The van der Waals surface area contributed by atoms with E-state index in [4.69, 9.17) is 14.2 Å². The van der Waals surface area contributed by atoms with Gasteiger partial charge in [-0.15, -0.1) is 23.1 Å². The van der Waals surface area contributed by atoms with Gasteiger partial charge < -0.3 is 19.1 Å². The minimum Gasteiger partial charge on any atom is -0.496 e. The number of nitrogens with zero attached hydrogens (tertiary/aromatic N) is 2. The van der Waals surface area contributed by atoms with E-state index in [2.05, 4.69) is 4.98 Å². The van der Waals surface area contributed by atoms with Crippen molar-refractivity contribution in [3.05, 3.63) is 58.6 Å². The van der Waals surface area contributed by atoms with Gasteiger partial charge in [-0.2, -0.15) is 0 Å². The van der Waals surface area contributed by atoms with E-state index in [-0.39, 0.29) is 11.3 Å². The highest BCUT2D eigenvalue weighted by atomic mass is 32.2. The van der Waals surface area contributed by atoms with E-state index in [1.807, 2.05) is 48.2 Å². The van der Waals surface area contributed by atoms with Crippen molar-refractivity contribution in [3.8, 4) is 27.8 Å². The van der Waals surface area contributed by atoms with Gasteiger partial charge in [-0.25, -0.2) is 4.98 Å². The predicted octanol–water partition coefficient (Wildman–Crippen LogP) is 5.03. The van der Waals surface area contributed by atoms with Crippen LogP contribution in [0.3, 0.4) is 0 Å². The molecular weight excluding hydrogens is 432 g/mol.